The standard InChI is InChI=1S/C12H15Cl2NO3S/c1-8(2)7-18-9(3)15-19(16,17)10-4-5-11(13)12(14)6-10/h4-6,8H,7H2,1-3H3/b15-9-. The third-order valence-electron chi connectivity index (χ3n) is 2.06. The fourth-order valence-electron chi connectivity index (χ4n) is 1.17. The predicted molar refractivity (Wildman–Crippen MR) is 77.5 cm³/mol. The summed E-state index contributed by atoms with van der Waals surface area (Å²) in [4.78, 5) is -0.0191. The molecule has 0 saturated heterocycles. The van der Waals surface area contributed by atoms with Crippen LogP contribution in [0.5, 0.6) is 0 Å². The molecule has 19 heavy (non-hydrogen) atoms. The van der Waals surface area contributed by atoms with Crippen LogP contribution in [0.15, 0.2) is 27.5 Å². The van der Waals surface area contributed by atoms with Crippen molar-refractivity contribution in [3.63, 3.8) is 0 Å². The van der Waals surface area contributed by atoms with E-state index in [1.165, 1.54) is 25.1 Å². The van der Waals surface area contributed by atoms with E-state index in [4.69, 9.17) is 27.9 Å². The van der Waals surface area contributed by atoms with Crippen molar-refractivity contribution in [1.82, 2.24) is 0 Å². The van der Waals surface area contributed by atoms with Gasteiger partial charge in [-0.2, -0.15) is 8.42 Å². The van der Waals surface area contributed by atoms with Crippen LogP contribution in [0.4, 0.5) is 0 Å². The summed E-state index contributed by atoms with van der Waals surface area (Å²) in [6.45, 7) is 5.82. The lowest BCUT2D eigenvalue weighted by atomic mass is 10.2. The first kappa shape index (κ1) is 16.3. The number of hydrogen-bond acceptors (Lipinski definition) is 3. The van der Waals surface area contributed by atoms with Crippen molar-refractivity contribution in [2.24, 2.45) is 10.3 Å². The molecule has 0 saturated carbocycles. The molecule has 0 atom stereocenters. The minimum absolute atomic E-state index is 0.0191. The van der Waals surface area contributed by atoms with Crippen molar-refractivity contribution in [2.45, 2.75) is 25.7 Å². The number of benzene rings is 1. The normalized spacial score (nSPS) is 12.8. The summed E-state index contributed by atoms with van der Waals surface area (Å²) in [6, 6.07) is 4.03. The molecule has 1 rings (SSSR count). The van der Waals surface area contributed by atoms with Crippen molar-refractivity contribution in [3.8, 4) is 0 Å². The van der Waals surface area contributed by atoms with Gasteiger partial charge in [0.1, 0.15) is 0 Å². The fourth-order valence-corrected chi connectivity index (χ4v) is 2.54. The van der Waals surface area contributed by atoms with Crippen LogP contribution < -0.4 is 0 Å². The highest BCUT2D eigenvalue weighted by atomic mass is 35.5. The van der Waals surface area contributed by atoms with Crippen LogP contribution in [0.25, 0.3) is 0 Å². The molecule has 1 aromatic rings. The molecule has 0 bridgehead atoms. The summed E-state index contributed by atoms with van der Waals surface area (Å²) in [6.07, 6.45) is 0. The van der Waals surface area contributed by atoms with Crippen molar-refractivity contribution in [3.05, 3.63) is 28.2 Å². The topological polar surface area (TPSA) is 55.7 Å². The molecule has 0 radical (unpaired) electrons. The van der Waals surface area contributed by atoms with Crippen LogP contribution in [0.3, 0.4) is 0 Å². The van der Waals surface area contributed by atoms with E-state index in [9.17, 15) is 8.42 Å². The summed E-state index contributed by atoms with van der Waals surface area (Å²) in [5, 5.41) is 0.455. The Hall–Kier alpha value is -0.780. The quantitative estimate of drug-likeness (QED) is 0.626. The number of ether oxygens (including phenoxy) is 1. The largest absolute Gasteiger partial charge is 0.480 e. The van der Waals surface area contributed by atoms with Gasteiger partial charge in [0, 0.05) is 6.92 Å². The van der Waals surface area contributed by atoms with Gasteiger partial charge in [0.05, 0.1) is 21.5 Å². The average molecular weight is 324 g/mol. The van der Waals surface area contributed by atoms with E-state index in [-0.39, 0.29) is 26.8 Å². The highest BCUT2D eigenvalue weighted by Gasteiger charge is 2.15. The van der Waals surface area contributed by atoms with Gasteiger partial charge in [0.25, 0.3) is 10.0 Å². The van der Waals surface area contributed by atoms with Crippen LogP contribution in [-0.2, 0) is 14.8 Å². The molecule has 7 heteroatoms. The summed E-state index contributed by atoms with van der Waals surface area (Å²) in [5.41, 5.74) is 0. The lowest BCUT2D eigenvalue weighted by Crippen LogP contribution is -2.09. The maximum Gasteiger partial charge on any atom is 0.285 e. The second kappa shape index (κ2) is 6.59. The second-order valence-corrected chi connectivity index (χ2v) is 6.78. The van der Waals surface area contributed by atoms with Gasteiger partial charge in [-0.1, -0.05) is 37.0 Å². The van der Waals surface area contributed by atoms with Crippen LogP contribution in [-0.4, -0.2) is 20.9 Å². The number of nitrogens with zero attached hydrogens (tertiary/aromatic N) is 1. The molecule has 0 spiro atoms. The Labute approximate surface area is 123 Å². The number of halogens is 2. The molecule has 0 fully saturated rings. The molecule has 0 aliphatic heterocycles. The van der Waals surface area contributed by atoms with Crippen molar-refractivity contribution in [2.75, 3.05) is 6.61 Å². The molecule has 4 nitrogen and oxygen atoms in total. The second-order valence-electron chi connectivity index (χ2n) is 4.37. The minimum Gasteiger partial charge on any atom is -0.480 e. The average Bonchev–Trinajstić information content (AvgIpc) is 2.29. The third-order valence-corrected chi connectivity index (χ3v) is 4.15. The molecule has 0 unspecified atom stereocenters. The first-order chi connectivity index (χ1) is 8.72. The minimum atomic E-state index is -3.83. The zero-order chi connectivity index (χ0) is 14.6. The fraction of sp³-hybridized carbons (Fsp3) is 0.417. The van der Waals surface area contributed by atoms with Gasteiger partial charge < -0.3 is 4.74 Å². The van der Waals surface area contributed by atoms with Gasteiger partial charge in [-0.25, -0.2) is 0 Å². The van der Waals surface area contributed by atoms with E-state index in [0.29, 0.717) is 6.61 Å². The van der Waals surface area contributed by atoms with E-state index in [1.54, 1.807) is 0 Å². The van der Waals surface area contributed by atoms with Gasteiger partial charge in [-0.3, -0.25) is 0 Å². The van der Waals surface area contributed by atoms with E-state index in [0.717, 1.165) is 0 Å². The monoisotopic (exact) mass is 323 g/mol. The third kappa shape index (κ3) is 5.01. The van der Waals surface area contributed by atoms with Gasteiger partial charge >= 0.3 is 0 Å². The van der Waals surface area contributed by atoms with E-state index in [2.05, 4.69) is 4.40 Å². The Balaban J connectivity index is 2.97. The molecular formula is C12H15Cl2NO3S. The lowest BCUT2D eigenvalue weighted by molar-refractivity contribution is 0.257. The zero-order valence-electron chi connectivity index (χ0n) is 10.9. The summed E-state index contributed by atoms with van der Waals surface area (Å²) in [7, 11) is -3.83. The molecule has 0 aromatic heterocycles. The van der Waals surface area contributed by atoms with Crippen molar-refractivity contribution >= 4 is 39.1 Å². The Morgan fingerprint density at radius 2 is 1.95 bits per heavy atom. The summed E-state index contributed by atoms with van der Waals surface area (Å²) >= 11 is 11.5. The van der Waals surface area contributed by atoms with Gasteiger partial charge in [-0.15, -0.1) is 4.40 Å². The lowest BCUT2D eigenvalue weighted by Gasteiger charge is -2.08. The Kier molecular flexibility index (Phi) is 5.64. The number of rotatable bonds is 4. The SMILES string of the molecule is C/C(=N/S(=O)(=O)c1ccc(Cl)c(Cl)c1)OCC(C)C. The Bertz CT molecular complexity index is 583. The first-order valence-corrected chi connectivity index (χ1v) is 7.81. The molecule has 1 aromatic carbocycles. The van der Waals surface area contributed by atoms with Gasteiger partial charge in [0.15, 0.2) is 5.90 Å². The smallest absolute Gasteiger partial charge is 0.285 e. The molecule has 0 N–H and O–H groups in total. The molecule has 0 aliphatic carbocycles. The highest BCUT2D eigenvalue weighted by molar-refractivity contribution is 7.90. The number of sulfonamides is 1. The van der Waals surface area contributed by atoms with Crippen LogP contribution in [0.1, 0.15) is 20.8 Å². The predicted octanol–water partition coefficient (Wildman–Crippen LogP) is 3.77. The van der Waals surface area contributed by atoms with E-state index < -0.39 is 10.0 Å². The summed E-state index contributed by atoms with van der Waals surface area (Å²) in [5.74, 6) is 0.387. The van der Waals surface area contributed by atoms with Crippen LogP contribution in [0, 0.1) is 5.92 Å². The Morgan fingerprint density at radius 3 is 2.47 bits per heavy atom. The summed E-state index contributed by atoms with van der Waals surface area (Å²) < 4.78 is 32.8. The van der Waals surface area contributed by atoms with E-state index in [1.807, 2.05) is 13.8 Å². The van der Waals surface area contributed by atoms with Crippen molar-refractivity contribution in [1.29, 1.82) is 0 Å². The first-order valence-electron chi connectivity index (χ1n) is 5.62. The molecular weight excluding hydrogens is 309 g/mol. The molecule has 0 amide bonds. The molecule has 106 valence electrons. The molecule has 0 heterocycles. The van der Waals surface area contributed by atoms with Crippen molar-refractivity contribution < 1.29 is 13.2 Å². The van der Waals surface area contributed by atoms with Crippen LogP contribution >= 0.6 is 23.2 Å². The van der Waals surface area contributed by atoms with Gasteiger partial charge in [-0.05, 0) is 24.1 Å². The van der Waals surface area contributed by atoms with Crippen LogP contribution in [0.2, 0.25) is 10.0 Å². The maximum atomic E-state index is 12.0. The zero-order valence-corrected chi connectivity index (χ0v) is 13.2. The number of hydrogen-bond donors (Lipinski definition) is 0. The Morgan fingerprint density at radius 1 is 1.32 bits per heavy atom. The molecule has 0 aliphatic rings. The maximum absolute atomic E-state index is 12.0. The van der Waals surface area contributed by atoms with E-state index >= 15 is 0 Å². The highest BCUT2D eigenvalue weighted by Crippen LogP contribution is 2.25. The van der Waals surface area contributed by atoms with Gasteiger partial charge in [0.2, 0.25) is 0 Å².